The second-order valence-corrected chi connectivity index (χ2v) is 3.70. The van der Waals surface area contributed by atoms with Crippen LogP contribution in [0.2, 0.25) is 0 Å². The molecule has 0 heterocycles. The van der Waals surface area contributed by atoms with Crippen LogP contribution in [0.25, 0.3) is 6.08 Å². The van der Waals surface area contributed by atoms with Gasteiger partial charge in [-0.05, 0) is 42.7 Å². The highest BCUT2D eigenvalue weighted by Crippen LogP contribution is 2.21. The molecule has 0 aliphatic heterocycles. The van der Waals surface area contributed by atoms with Gasteiger partial charge in [-0.2, -0.15) is 0 Å². The Morgan fingerprint density at radius 1 is 1.31 bits per heavy atom. The summed E-state index contributed by atoms with van der Waals surface area (Å²) < 4.78 is 0. The van der Waals surface area contributed by atoms with Gasteiger partial charge >= 0.3 is 0 Å². The number of halogens is 1. The van der Waals surface area contributed by atoms with Crippen LogP contribution in [0.15, 0.2) is 18.2 Å². The van der Waals surface area contributed by atoms with Gasteiger partial charge in [-0.25, -0.2) is 0 Å². The molecule has 0 spiro atoms. The van der Waals surface area contributed by atoms with Gasteiger partial charge in [0.25, 0.3) is 0 Å². The Morgan fingerprint density at radius 2 is 1.85 bits per heavy atom. The SMILES string of the molecule is Cc1cc(O)cc(C)c1C=CCBr. The van der Waals surface area contributed by atoms with Gasteiger partial charge < -0.3 is 5.11 Å². The number of phenols is 1. The molecular formula is C11H13BrO. The van der Waals surface area contributed by atoms with E-state index >= 15 is 0 Å². The zero-order valence-electron chi connectivity index (χ0n) is 7.84. The fraction of sp³-hybridized carbons (Fsp3) is 0.273. The van der Waals surface area contributed by atoms with Crippen LogP contribution in [0, 0.1) is 13.8 Å². The zero-order valence-corrected chi connectivity index (χ0v) is 9.43. The lowest BCUT2D eigenvalue weighted by Crippen LogP contribution is -1.85. The molecule has 1 N–H and O–H groups in total. The van der Waals surface area contributed by atoms with E-state index < -0.39 is 0 Å². The maximum absolute atomic E-state index is 9.31. The molecule has 0 bridgehead atoms. The van der Waals surface area contributed by atoms with Crippen molar-refractivity contribution >= 4 is 22.0 Å². The van der Waals surface area contributed by atoms with Crippen LogP contribution in [0.1, 0.15) is 16.7 Å². The Bertz CT molecular complexity index is 306. The third kappa shape index (κ3) is 2.59. The van der Waals surface area contributed by atoms with E-state index in [1.54, 1.807) is 12.1 Å². The van der Waals surface area contributed by atoms with E-state index in [9.17, 15) is 5.11 Å². The molecule has 0 saturated heterocycles. The van der Waals surface area contributed by atoms with Crippen molar-refractivity contribution in [1.29, 1.82) is 0 Å². The number of phenolic OH excluding ortho intramolecular Hbond substituents is 1. The topological polar surface area (TPSA) is 20.2 Å². The summed E-state index contributed by atoms with van der Waals surface area (Å²) in [7, 11) is 0. The molecule has 1 rings (SSSR count). The van der Waals surface area contributed by atoms with Crippen molar-refractivity contribution in [1.82, 2.24) is 0 Å². The van der Waals surface area contributed by atoms with Gasteiger partial charge in [0.1, 0.15) is 5.75 Å². The molecule has 0 radical (unpaired) electrons. The number of alkyl halides is 1. The van der Waals surface area contributed by atoms with Gasteiger partial charge in [0, 0.05) is 5.33 Å². The largest absolute Gasteiger partial charge is 0.508 e. The summed E-state index contributed by atoms with van der Waals surface area (Å²) in [5.41, 5.74) is 3.40. The van der Waals surface area contributed by atoms with Gasteiger partial charge in [-0.15, -0.1) is 0 Å². The number of aromatic hydroxyl groups is 1. The van der Waals surface area contributed by atoms with Crippen LogP contribution >= 0.6 is 15.9 Å². The van der Waals surface area contributed by atoms with Crippen molar-refractivity contribution < 1.29 is 5.11 Å². The molecule has 0 fully saturated rings. The van der Waals surface area contributed by atoms with Crippen LogP contribution in [0.5, 0.6) is 5.75 Å². The van der Waals surface area contributed by atoms with Crippen molar-refractivity contribution in [3.63, 3.8) is 0 Å². The standard InChI is InChI=1S/C11H13BrO/c1-8-6-10(13)7-9(2)11(8)4-3-5-12/h3-4,6-7,13H,5H2,1-2H3. The van der Waals surface area contributed by atoms with Crippen LogP contribution in [-0.4, -0.2) is 10.4 Å². The second kappa shape index (κ2) is 4.47. The monoisotopic (exact) mass is 240 g/mol. The summed E-state index contributed by atoms with van der Waals surface area (Å²) in [6.45, 7) is 4.00. The number of hydrogen-bond acceptors (Lipinski definition) is 1. The van der Waals surface area contributed by atoms with E-state index in [0.717, 1.165) is 16.5 Å². The summed E-state index contributed by atoms with van der Waals surface area (Å²) in [4.78, 5) is 0. The molecule has 13 heavy (non-hydrogen) atoms. The molecule has 70 valence electrons. The molecule has 0 amide bonds. The van der Waals surface area contributed by atoms with Gasteiger partial charge in [0.05, 0.1) is 0 Å². The highest BCUT2D eigenvalue weighted by molar-refractivity contribution is 9.09. The summed E-state index contributed by atoms with van der Waals surface area (Å²) in [5, 5.41) is 10.2. The van der Waals surface area contributed by atoms with E-state index in [2.05, 4.69) is 22.0 Å². The first-order chi connectivity index (χ1) is 6.15. The van der Waals surface area contributed by atoms with Crippen molar-refractivity contribution in [2.45, 2.75) is 13.8 Å². The molecule has 1 nitrogen and oxygen atoms in total. The van der Waals surface area contributed by atoms with Gasteiger partial charge in [0.2, 0.25) is 0 Å². The maximum atomic E-state index is 9.31. The predicted octanol–water partition coefficient (Wildman–Crippen LogP) is 3.42. The molecule has 0 aromatic heterocycles. The minimum absolute atomic E-state index is 0.339. The molecule has 1 aromatic carbocycles. The summed E-state index contributed by atoms with van der Waals surface area (Å²) in [5.74, 6) is 0.339. The Hall–Kier alpha value is -0.760. The molecule has 0 unspecified atom stereocenters. The van der Waals surface area contributed by atoms with Gasteiger partial charge in [-0.1, -0.05) is 28.1 Å². The Balaban J connectivity index is 3.13. The highest BCUT2D eigenvalue weighted by atomic mass is 79.9. The first-order valence-corrected chi connectivity index (χ1v) is 5.30. The fourth-order valence-corrected chi connectivity index (χ4v) is 1.56. The van der Waals surface area contributed by atoms with Gasteiger partial charge in [-0.3, -0.25) is 0 Å². The average molecular weight is 241 g/mol. The van der Waals surface area contributed by atoms with Crippen molar-refractivity contribution in [2.75, 3.05) is 5.33 Å². The first kappa shape index (κ1) is 10.3. The minimum atomic E-state index is 0.339. The van der Waals surface area contributed by atoms with E-state index in [-0.39, 0.29) is 0 Å². The van der Waals surface area contributed by atoms with E-state index in [1.807, 2.05) is 19.9 Å². The van der Waals surface area contributed by atoms with Crippen molar-refractivity contribution in [3.05, 3.63) is 34.9 Å². The molecular weight excluding hydrogens is 228 g/mol. The third-order valence-electron chi connectivity index (χ3n) is 1.95. The van der Waals surface area contributed by atoms with Crippen LogP contribution in [-0.2, 0) is 0 Å². The second-order valence-electron chi connectivity index (χ2n) is 3.05. The lowest BCUT2D eigenvalue weighted by Gasteiger charge is -2.05. The number of rotatable bonds is 2. The Kier molecular flexibility index (Phi) is 3.55. The smallest absolute Gasteiger partial charge is 0.116 e. The Labute approximate surface area is 87.2 Å². The average Bonchev–Trinajstić information content (AvgIpc) is 2.02. The zero-order chi connectivity index (χ0) is 9.84. The highest BCUT2D eigenvalue weighted by Gasteiger charge is 2.00. The van der Waals surface area contributed by atoms with E-state index in [1.165, 1.54) is 5.56 Å². The van der Waals surface area contributed by atoms with Crippen LogP contribution in [0.3, 0.4) is 0 Å². The van der Waals surface area contributed by atoms with Crippen LogP contribution in [0.4, 0.5) is 0 Å². The minimum Gasteiger partial charge on any atom is -0.508 e. The number of allylic oxidation sites excluding steroid dienone is 1. The number of aryl methyl sites for hydroxylation is 2. The maximum Gasteiger partial charge on any atom is 0.116 e. The summed E-state index contributed by atoms with van der Waals surface area (Å²) in [6, 6.07) is 3.56. The van der Waals surface area contributed by atoms with E-state index in [0.29, 0.717) is 5.75 Å². The van der Waals surface area contributed by atoms with E-state index in [4.69, 9.17) is 0 Å². The fourth-order valence-electron chi connectivity index (χ4n) is 1.38. The number of hydrogen-bond donors (Lipinski definition) is 1. The van der Waals surface area contributed by atoms with Crippen LogP contribution < -0.4 is 0 Å². The number of benzene rings is 1. The van der Waals surface area contributed by atoms with Crippen molar-refractivity contribution in [2.24, 2.45) is 0 Å². The summed E-state index contributed by atoms with van der Waals surface area (Å²) >= 11 is 3.33. The molecule has 0 aliphatic carbocycles. The molecule has 1 aromatic rings. The quantitative estimate of drug-likeness (QED) is 0.786. The lowest BCUT2D eigenvalue weighted by atomic mass is 10.0. The lowest BCUT2D eigenvalue weighted by molar-refractivity contribution is 0.474. The first-order valence-electron chi connectivity index (χ1n) is 4.18. The normalized spacial score (nSPS) is 11.0. The molecule has 0 atom stereocenters. The predicted molar refractivity (Wildman–Crippen MR) is 60.4 cm³/mol. The molecule has 0 saturated carbocycles. The van der Waals surface area contributed by atoms with Crippen molar-refractivity contribution in [3.8, 4) is 5.75 Å². The molecule has 0 aliphatic rings. The molecule has 2 heteroatoms. The summed E-state index contributed by atoms with van der Waals surface area (Å²) in [6.07, 6.45) is 4.12. The Morgan fingerprint density at radius 3 is 2.31 bits per heavy atom. The van der Waals surface area contributed by atoms with Gasteiger partial charge in [0.15, 0.2) is 0 Å². The third-order valence-corrected chi connectivity index (χ3v) is 2.33.